The van der Waals surface area contributed by atoms with Crippen molar-refractivity contribution in [1.82, 2.24) is 0 Å². The Balaban J connectivity index is 2.44. The summed E-state index contributed by atoms with van der Waals surface area (Å²) in [5.41, 5.74) is 0.225. The molecule has 0 aliphatic carbocycles. The van der Waals surface area contributed by atoms with Gasteiger partial charge in [-0.1, -0.05) is 13.8 Å². The Hall–Kier alpha value is 0.310. The topological polar surface area (TPSA) is 9.23 Å². The lowest BCUT2D eigenvalue weighted by Crippen LogP contribution is -2.31. The molecule has 10 heavy (non-hydrogen) atoms. The van der Waals surface area contributed by atoms with E-state index in [-0.39, 0.29) is 5.60 Å². The van der Waals surface area contributed by atoms with Crippen molar-refractivity contribution in [3.63, 3.8) is 0 Å². The van der Waals surface area contributed by atoms with Gasteiger partial charge in [-0.3, -0.25) is 0 Å². The molecule has 0 aromatic rings. The smallest absolute Gasteiger partial charge is 0.0824 e. The summed E-state index contributed by atoms with van der Waals surface area (Å²) in [6.07, 6.45) is 4.91. The van der Waals surface area contributed by atoms with Crippen molar-refractivity contribution in [1.29, 1.82) is 0 Å². The minimum absolute atomic E-state index is 0.225. The quantitative estimate of drug-likeness (QED) is 0.574. The first-order valence-electron chi connectivity index (χ1n) is 4.13. The zero-order valence-electron chi connectivity index (χ0n) is 6.85. The van der Waals surface area contributed by atoms with Crippen molar-refractivity contribution < 1.29 is 4.18 Å². The van der Waals surface area contributed by atoms with Crippen LogP contribution in [0.2, 0.25) is 0 Å². The Morgan fingerprint density at radius 3 is 2.40 bits per heavy atom. The summed E-state index contributed by atoms with van der Waals surface area (Å²) in [6.45, 7) is 4.44. The zero-order valence-corrected chi connectivity index (χ0v) is 7.67. The van der Waals surface area contributed by atoms with Crippen LogP contribution in [0.15, 0.2) is 0 Å². The number of hydrogen-bond donors (Lipinski definition) is 0. The standard InChI is InChI=1S/C8H16OS/c1-3-8(4-2)6-5-7-10-9-8/h3-7H2,1-2H3. The number of hydrogen-bond acceptors (Lipinski definition) is 2. The van der Waals surface area contributed by atoms with Crippen LogP contribution in [-0.2, 0) is 4.18 Å². The normalized spacial score (nSPS) is 24.6. The molecule has 1 aliphatic rings. The molecule has 0 N–H and O–H groups in total. The second-order valence-electron chi connectivity index (χ2n) is 2.90. The largest absolute Gasteiger partial charge is 0.309 e. The van der Waals surface area contributed by atoms with Crippen LogP contribution in [0.4, 0.5) is 0 Å². The highest BCUT2D eigenvalue weighted by molar-refractivity contribution is 7.94. The van der Waals surface area contributed by atoms with Gasteiger partial charge < -0.3 is 4.18 Å². The molecule has 1 heterocycles. The number of rotatable bonds is 2. The summed E-state index contributed by atoms with van der Waals surface area (Å²) in [6, 6.07) is 0. The maximum absolute atomic E-state index is 5.68. The van der Waals surface area contributed by atoms with E-state index >= 15 is 0 Å². The summed E-state index contributed by atoms with van der Waals surface area (Å²) in [5.74, 6) is 1.18. The molecule has 1 nitrogen and oxygen atoms in total. The van der Waals surface area contributed by atoms with Gasteiger partial charge >= 0.3 is 0 Å². The summed E-state index contributed by atoms with van der Waals surface area (Å²) >= 11 is 1.65. The van der Waals surface area contributed by atoms with Crippen molar-refractivity contribution in [2.45, 2.75) is 45.1 Å². The zero-order chi connectivity index (χ0) is 7.45. The third kappa shape index (κ3) is 1.67. The molecule has 1 fully saturated rings. The molecule has 0 bridgehead atoms. The lowest BCUT2D eigenvalue weighted by atomic mass is 9.92. The fourth-order valence-corrected chi connectivity index (χ4v) is 2.30. The fourth-order valence-electron chi connectivity index (χ4n) is 1.38. The van der Waals surface area contributed by atoms with E-state index in [1.165, 1.54) is 18.6 Å². The average Bonchev–Trinajstić information content (AvgIpc) is 2.06. The molecular formula is C8H16OS. The molecule has 1 aliphatic heterocycles. The van der Waals surface area contributed by atoms with Crippen LogP contribution in [0.5, 0.6) is 0 Å². The van der Waals surface area contributed by atoms with Crippen molar-refractivity contribution in [3.8, 4) is 0 Å². The second-order valence-corrected chi connectivity index (χ2v) is 3.71. The van der Waals surface area contributed by atoms with Gasteiger partial charge in [0, 0.05) is 5.75 Å². The molecule has 2 heteroatoms. The predicted molar refractivity (Wildman–Crippen MR) is 46.1 cm³/mol. The molecule has 1 rings (SSSR count). The molecule has 0 spiro atoms. The van der Waals surface area contributed by atoms with Crippen LogP contribution in [0.3, 0.4) is 0 Å². The first-order chi connectivity index (χ1) is 4.83. The average molecular weight is 160 g/mol. The SMILES string of the molecule is CCC1(CC)CCCSO1. The van der Waals surface area contributed by atoms with Crippen LogP contribution in [0.1, 0.15) is 39.5 Å². The first kappa shape index (κ1) is 8.41. The summed E-state index contributed by atoms with van der Waals surface area (Å²) < 4.78 is 5.68. The lowest BCUT2D eigenvalue weighted by Gasteiger charge is -2.34. The highest BCUT2D eigenvalue weighted by atomic mass is 32.2. The van der Waals surface area contributed by atoms with E-state index in [0.29, 0.717) is 0 Å². The van der Waals surface area contributed by atoms with Gasteiger partial charge in [0.25, 0.3) is 0 Å². The van der Waals surface area contributed by atoms with Crippen molar-refractivity contribution >= 4 is 12.0 Å². The second kappa shape index (κ2) is 3.63. The molecule has 0 radical (unpaired) electrons. The van der Waals surface area contributed by atoms with E-state index in [1.807, 2.05) is 0 Å². The van der Waals surface area contributed by atoms with Crippen LogP contribution < -0.4 is 0 Å². The van der Waals surface area contributed by atoms with E-state index in [4.69, 9.17) is 4.18 Å². The highest BCUT2D eigenvalue weighted by Crippen LogP contribution is 2.35. The van der Waals surface area contributed by atoms with Gasteiger partial charge in [-0.25, -0.2) is 0 Å². The summed E-state index contributed by atoms with van der Waals surface area (Å²) in [4.78, 5) is 0. The van der Waals surface area contributed by atoms with Crippen molar-refractivity contribution in [2.24, 2.45) is 0 Å². The molecule has 0 unspecified atom stereocenters. The van der Waals surface area contributed by atoms with Gasteiger partial charge in [-0.15, -0.1) is 0 Å². The van der Waals surface area contributed by atoms with Gasteiger partial charge in [-0.05, 0) is 37.7 Å². The third-order valence-electron chi connectivity index (χ3n) is 2.38. The summed E-state index contributed by atoms with van der Waals surface area (Å²) in [7, 11) is 0. The van der Waals surface area contributed by atoms with Crippen LogP contribution in [0, 0.1) is 0 Å². The Kier molecular flexibility index (Phi) is 3.05. The molecule has 0 aromatic carbocycles. The highest BCUT2D eigenvalue weighted by Gasteiger charge is 2.29. The van der Waals surface area contributed by atoms with E-state index in [1.54, 1.807) is 12.0 Å². The van der Waals surface area contributed by atoms with E-state index < -0.39 is 0 Å². The Labute approximate surface area is 67.7 Å². The van der Waals surface area contributed by atoms with Gasteiger partial charge in [0.1, 0.15) is 0 Å². The van der Waals surface area contributed by atoms with Gasteiger partial charge in [-0.2, -0.15) is 0 Å². The minimum Gasteiger partial charge on any atom is -0.309 e. The van der Waals surface area contributed by atoms with Gasteiger partial charge in [0.15, 0.2) is 0 Å². The maximum atomic E-state index is 5.68. The minimum atomic E-state index is 0.225. The molecule has 0 aromatic heterocycles. The fraction of sp³-hybridized carbons (Fsp3) is 1.00. The van der Waals surface area contributed by atoms with E-state index in [0.717, 1.165) is 12.8 Å². The van der Waals surface area contributed by atoms with E-state index in [2.05, 4.69) is 13.8 Å². The van der Waals surface area contributed by atoms with Crippen molar-refractivity contribution in [3.05, 3.63) is 0 Å². The van der Waals surface area contributed by atoms with Crippen LogP contribution >= 0.6 is 12.0 Å². The Bertz CT molecular complexity index is 91.4. The Morgan fingerprint density at radius 2 is 2.10 bits per heavy atom. The monoisotopic (exact) mass is 160 g/mol. The third-order valence-corrected chi connectivity index (χ3v) is 3.31. The van der Waals surface area contributed by atoms with Crippen LogP contribution in [0.25, 0.3) is 0 Å². The molecule has 0 saturated carbocycles. The van der Waals surface area contributed by atoms with E-state index in [9.17, 15) is 0 Å². The lowest BCUT2D eigenvalue weighted by molar-refractivity contribution is 0.0659. The molecule has 60 valence electrons. The van der Waals surface area contributed by atoms with Gasteiger partial charge in [0.2, 0.25) is 0 Å². The first-order valence-corrected chi connectivity index (χ1v) is 5.05. The van der Waals surface area contributed by atoms with Crippen LogP contribution in [-0.4, -0.2) is 11.4 Å². The molecule has 0 atom stereocenters. The molecule has 1 saturated heterocycles. The molecular weight excluding hydrogens is 144 g/mol. The predicted octanol–water partition coefficient (Wildman–Crippen LogP) is 3.00. The maximum Gasteiger partial charge on any atom is 0.0824 e. The Morgan fingerprint density at radius 1 is 1.40 bits per heavy atom. The summed E-state index contributed by atoms with van der Waals surface area (Å²) in [5, 5.41) is 0. The molecule has 0 amide bonds. The van der Waals surface area contributed by atoms with Crippen molar-refractivity contribution in [2.75, 3.05) is 5.75 Å². The van der Waals surface area contributed by atoms with Gasteiger partial charge in [0.05, 0.1) is 5.60 Å².